The molecule has 0 aliphatic rings. The number of fused-ring (bicyclic) bond motifs is 6. The topological polar surface area (TPSA) is 62.5 Å². The molecule has 0 aliphatic carbocycles. The highest BCUT2D eigenvalue weighted by Gasteiger charge is 2.17. The number of nitriles is 1. The summed E-state index contributed by atoms with van der Waals surface area (Å²) in [6.07, 6.45) is 0. The molecule has 0 fully saturated rings. The Labute approximate surface area is 347 Å². The van der Waals surface area contributed by atoms with Gasteiger partial charge in [-0.25, -0.2) is 15.0 Å². The number of aromatic nitrogens is 3. The lowest BCUT2D eigenvalue weighted by Gasteiger charge is -2.15. The predicted octanol–water partition coefficient (Wildman–Crippen LogP) is 14.4. The molecule has 0 atom stereocenters. The van der Waals surface area contributed by atoms with Crippen LogP contribution in [-0.2, 0) is 0 Å². The van der Waals surface area contributed by atoms with Gasteiger partial charge in [0.25, 0.3) is 0 Å². The maximum absolute atomic E-state index is 10.4. The Balaban J connectivity index is 1.00. The van der Waals surface area contributed by atoms with Crippen molar-refractivity contribution in [3.05, 3.63) is 212 Å². The fourth-order valence-corrected chi connectivity index (χ4v) is 8.61. The summed E-state index contributed by atoms with van der Waals surface area (Å²) in [5, 5.41) is 20.0. The fourth-order valence-electron chi connectivity index (χ4n) is 8.61. The number of hydrogen-bond donors (Lipinski definition) is 0. The Morgan fingerprint density at radius 2 is 0.800 bits per heavy atom. The van der Waals surface area contributed by atoms with Gasteiger partial charge in [0.1, 0.15) is 0 Å². The standard InChI is InChI=1S/C56H34N4/c57-35-45-17-9-20-48(44-16-8-15-42(33-44)43-30-25-38-24-23-36-11-5-7-19-47(36)52(38)34-43)53(45)39-26-28-41(29-27-39)55-58-54(40-13-2-1-3-14-40)59-56(60-55)51-22-10-21-49-46-18-6-4-12-37(46)31-32-50(49)51/h1-34H. The molecule has 0 aliphatic heterocycles. The van der Waals surface area contributed by atoms with Gasteiger partial charge in [-0.2, -0.15) is 5.26 Å². The molecule has 0 amide bonds. The number of rotatable bonds is 6. The van der Waals surface area contributed by atoms with Gasteiger partial charge in [0.05, 0.1) is 11.6 Å². The lowest BCUT2D eigenvalue weighted by Crippen LogP contribution is -2.00. The zero-order valence-corrected chi connectivity index (χ0v) is 32.4. The van der Waals surface area contributed by atoms with Crippen molar-refractivity contribution in [2.45, 2.75) is 0 Å². The Morgan fingerprint density at radius 1 is 0.300 bits per heavy atom. The van der Waals surface area contributed by atoms with E-state index < -0.39 is 0 Å². The third-order valence-electron chi connectivity index (χ3n) is 11.6. The average molecular weight is 763 g/mol. The second kappa shape index (κ2) is 14.6. The van der Waals surface area contributed by atoms with E-state index in [4.69, 9.17) is 15.0 Å². The summed E-state index contributed by atoms with van der Waals surface area (Å²) in [5.74, 6) is 1.79. The SMILES string of the molecule is N#Cc1cccc(-c2cccc(-c3ccc4ccc5ccccc5c4c3)c2)c1-c1ccc(-c2nc(-c3ccccc3)nc(-c3cccc4c3ccc3ccccc34)n2)cc1. The van der Waals surface area contributed by atoms with Crippen LogP contribution >= 0.6 is 0 Å². The molecule has 0 unspecified atom stereocenters. The molecule has 0 saturated heterocycles. The van der Waals surface area contributed by atoms with Gasteiger partial charge in [-0.15, -0.1) is 0 Å². The maximum atomic E-state index is 10.4. The highest BCUT2D eigenvalue weighted by molar-refractivity contribution is 6.12. The third-order valence-corrected chi connectivity index (χ3v) is 11.6. The van der Waals surface area contributed by atoms with E-state index in [0.717, 1.165) is 60.8 Å². The first kappa shape index (κ1) is 34.9. The molecule has 1 aromatic heterocycles. The lowest BCUT2D eigenvalue weighted by molar-refractivity contribution is 1.08. The molecule has 11 rings (SSSR count). The van der Waals surface area contributed by atoms with Crippen molar-refractivity contribution in [2.24, 2.45) is 0 Å². The van der Waals surface area contributed by atoms with E-state index in [2.05, 4.69) is 158 Å². The van der Waals surface area contributed by atoms with Gasteiger partial charge in [-0.05, 0) is 89.1 Å². The monoisotopic (exact) mass is 762 g/mol. The van der Waals surface area contributed by atoms with Gasteiger partial charge in [0, 0.05) is 22.3 Å². The Kier molecular flexibility index (Phi) is 8.50. The molecule has 1 heterocycles. The Morgan fingerprint density at radius 3 is 1.57 bits per heavy atom. The van der Waals surface area contributed by atoms with E-state index >= 15 is 0 Å². The van der Waals surface area contributed by atoms with E-state index in [1.54, 1.807) is 0 Å². The van der Waals surface area contributed by atoms with E-state index in [9.17, 15) is 5.26 Å². The van der Waals surface area contributed by atoms with Gasteiger partial charge in [0.2, 0.25) is 0 Å². The van der Waals surface area contributed by atoms with Crippen molar-refractivity contribution in [1.29, 1.82) is 5.26 Å². The zero-order valence-electron chi connectivity index (χ0n) is 32.4. The maximum Gasteiger partial charge on any atom is 0.164 e. The molecule has 0 spiro atoms. The molecule has 0 N–H and O–H groups in total. The van der Waals surface area contributed by atoms with Crippen LogP contribution in [0.4, 0.5) is 0 Å². The van der Waals surface area contributed by atoms with Crippen molar-refractivity contribution >= 4 is 43.1 Å². The Bertz CT molecular complexity index is 3490. The van der Waals surface area contributed by atoms with Gasteiger partial charge in [0.15, 0.2) is 17.5 Å². The summed E-state index contributed by atoms with van der Waals surface area (Å²) >= 11 is 0. The second-order valence-electron chi connectivity index (χ2n) is 15.1. The molecule has 11 aromatic rings. The smallest absolute Gasteiger partial charge is 0.164 e. The highest BCUT2D eigenvalue weighted by atomic mass is 15.0. The first-order chi connectivity index (χ1) is 29.7. The van der Waals surface area contributed by atoms with E-state index in [1.165, 1.54) is 32.3 Å². The molecule has 0 radical (unpaired) electrons. The fraction of sp³-hybridized carbons (Fsp3) is 0. The van der Waals surface area contributed by atoms with Crippen molar-refractivity contribution in [1.82, 2.24) is 15.0 Å². The summed E-state index contributed by atoms with van der Waals surface area (Å²) in [4.78, 5) is 15.2. The average Bonchev–Trinajstić information content (AvgIpc) is 3.33. The van der Waals surface area contributed by atoms with Crippen molar-refractivity contribution in [3.63, 3.8) is 0 Å². The summed E-state index contributed by atoms with van der Waals surface area (Å²) in [5.41, 5.74) is 9.44. The van der Waals surface area contributed by atoms with Gasteiger partial charge in [-0.1, -0.05) is 188 Å². The van der Waals surface area contributed by atoms with E-state index in [0.29, 0.717) is 23.0 Å². The molecular weight excluding hydrogens is 729 g/mol. The minimum absolute atomic E-state index is 0.577. The summed E-state index contributed by atoms with van der Waals surface area (Å²) in [6, 6.07) is 74.1. The summed E-state index contributed by atoms with van der Waals surface area (Å²) < 4.78 is 0. The molecule has 0 saturated carbocycles. The van der Waals surface area contributed by atoms with Crippen LogP contribution in [0.15, 0.2) is 206 Å². The predicted molar refractivity (Wildman–Crippen MR) is 247 cm³/mol. The van der Waals surface area contributed by atoms with Gasteiger partial charge in [-0.3, -0.25) is 0 Å². The third kappa shape index (κ3) is 6.14. The van der Waals surface area contributed by atoms with Crippen molar-refractivity contribution in [2.75, 3.05) is 0 Å². The van der Waals surface area contributed by atoms with Crippen LogP contribution in [-0.4, -0.2) is 15.0 Å². The van der Waals surface area contributed by atoms with Crippen molar-refractivity contribution in [3.8, 4) is 73.6 Å². The minimum Gasteiger partial charge on any atom is -0.208 e. The van der Waals surface area contributed by atoms with Gasteiger partial charge < -0.3 is 0 Å². The van der Waals surface area contributed by atoms with Crippen LogP contribution in [0.25, 0.3) is 111 Å². The largest absolute Gasteiger partial charge is 0.208 e. The highest BCUT2D eigenvalue weighted by Crippen LogP contribution is 2.39. The minimum atomic E-state index is 0.577. The molecule has 10 aromatic carbocycles. The first-order valence-electron chi connectivity index (χ1n) is 20.1. The molecule has 60 heavy (non-hydrogen) atoms. The van der Waals surface area contributed by atoms with Crippen LogP contribution < -0.4 is 0 Å². The van der Waals surface area contributed by atoms with E-state index in [-0.39, 0.29) is 0 Å². The van der Waals surface area contributed by atoms with Crippen molar-refractivity contribution < 1.29 is 0 Å². The number of hydrogen-bond acceptors (Lipinski definition) is 4. The molecular formula is C56H34N4. The van der Waals surface area contributed by atoms with Crippen LogP contribution in [0.1, 0.15) is 5.56 Å². The van der Waals surface area contributed by atoms with Crippen LogP contribution in [0, 0.1) is 11.3 Å². The molecule has 4 nitrogen and oxygen atoms in total. The van der Waals surface area contributed by atoms with Crippen LogP contribution in [0.2, 0.25) is 0 Å². The first-order valence-corrected chi connectivity index (χ1v) is 20.1. The van der Waals surface area contributed by atoms with Crippen LogP contribution in [0.3, 0.4) is 0 Å². The summed E-state index contributed by atoms with van der Waals surface area (Å²) in [6.45, 7) is 0. The lowest BCUT2D eigenvalue weighted by atomic mass is 9.89. The summed E-state index contributed by atoms with van der Waals surface area (Å²) in [7, 11) is 0. The zero-order chi connectivity index (χ0) is 40.0. The molecule has 4 heteroatoms. The molecule has 278 valence electrons. The molecule has 0 bridgehead atoms. The Hall–Kier alpha value is -8.26. The van der Waals surface area contributed by atoms with Crippen LogP contribution in [0.5, 0.6) is 0 Å². The van der Waals surface area contributed by atoms with E-state index in [1.807, 2.05) is 54.6 Å². The normalized spacial score (nSPS) is 11.3. The number of benzene rings is 10. The second-order valence-corrected chi connectivity index (χ2v) is 15.1. The quantitative estimate of drug-likeness (QED) is 0.158. The van der Waals surface area contributed by atoms with Gasteiger partial charge >= 0.3 is 0 Å². The number of nitrogens with zero attached hydrogens (tertiary/aromatic N) is 4.